The van der Waals surface area contributed by atoms with Crippen LogP contribution < -0.4 is 15.4 Å². The predicted molar refractivity (Wildman–Crippen MR) is 141 cm³/mol. The minimum Gasteiger partial charge on any atom is -0.447 e. The second-order valence-electron chi connectivity index (χ2n) is 9.03. The maximum absolute atomic E-state index is 13.6. The van der Waals surface area contributed by atoms with E-state index >= 15 is 0 Å². The van der Waals surface area contributed by atoms with Gasteiger partial charge in [0.25, 0.3) is 5.87 Å². The molecule has 2 atom stereocenters. The van der Waals surface area contributed by atoms with E-state index in [-0.39, 0.29) is 28.7 Å². The van der Waals surface area contributed by atoms with Crippen molar-refractivity contribution < 1.29 is 33.6 Å². The van der Waals surface area contributed by atoms with Crippen LogP contribution >= 0.6 is 11.6 Å². The van der Waals surface area contributed by atoms with Gasteiger partial charge in [0.05, 0.1) is 41.6 Å². The monoisotopic (exact) mass is 555 g/mol. The van der Waals surface area contributed by atoms with E-state index in [4.69, 9.17) is 33.7 Å². The number of rotatable bonds is 8. The van der Waals surface area contributed by atoms with E-state index in [0.29, 0.717) is 55.3 Å². The number of halogens is 2. The van der Waals surface area contributed by atoms with Crippen molar-refractivity contribution in [3.63, 3.8) is 0 Å². The van der Waals surface area contributed by atoms with Gasteiger partial charge in [-0.3, -0.25) is 9.69 Å². The zero-order valence-electron chi connectivity index (χ0n) is 20.5. The highest BCUT2D eigenvalue weighted by atomic mass is 35.5. The number of carbonyl (C=O) groups excluding carboxylic acids is 1. The van der Waals surface area contributed by atoms with Crippen molar-refractivity contribution in [3.8, 4) is 5.75 Å². The van der Waals surface area contributed by atoms with Gasteiger partial charge < -0.3 is 35.1 Å². The molecule has 2 saturated heterocycles. The van der Waals surface area contributed by atoms with Crippen LogP contribution in [0, 0.1) is 5.82 Å². The van der Waals surface area contributed by atoms with Crippen LogP contribution in [0.1, 0.15) is 0 Å². The van der Waals surface area contributed by atoms with Gasteiger partial charge in [0.2, 0.25) is 13.8 Å². The topological polar surface area (TPSA) is 138 Å². The Morgan fingerprint density at radius 1 is 1.23 bits per heavy atom. The van der Waals surface area contributed by atoms with Crippen molar-refractivity contribution in [2.45, 2.75) is 18.1 Å². The minimum atomic E-state index is -3.02. The van der Waals surface area contributed by atoms with Crippen molar-refractivity contribution in [3.05, 3.63) is 59.7 Å². The Morgan fingerprint density at radius 2 is 1.97 bits per heavy atom. The Balaban J connectivity index is 1.36. The van der Waals surface area contributed by atoms with E-state index in [9.17, 15) is 19.4 Å². The van der Waals surface area contributed by atoms with Gasteiger partial charge in [-0.25, -0.2) is 14.4 Å². The number of hydrogen-bond acceptors (Lipinski definition) is 10. The van der Waals surface area contributed by atoms with Crippen molar-refractivity contribution in [1.29, 1.82) is 0 Å². The fourth-order valence-corrected chi connectivity index (χ4v) is 4.59. The molecule has 202 valence electrons. The molecule has 2 radical (unpaired) electrons. The Labute approximate surface area is 228 Å². The molecule has 2 aliphatic rings. The van der Waals surface area contributed by atoms with Crippen LogP contribution in [0.2, 0.25) is 5.02 Å². The lowest BCUT2D eigenvalue weighted by Gasteiger charge is -2.24. The molecule has 3 heterocycles. The molecule has 2 unspecified atom stereocenters. The molecule has 0 spiro atoms. The average molecular weight is 556 g/mol. The summed E-state index contributed by atoms with van der Waals surface area (Å²) < 4.78 is 30.0. The van der Waals surface area contributed by atoms with Crippen LogP contribution in [0.15, 0.2) is 48.8 Å². The lowest BCUT2D eigenvalue weighted by molar-refractivity contribution is -0.223. The fraction of sp³-hybridized carbons (Fsp3) is 0.320. The maximum atomic E-state index is 13.6. The highest BCUT2D eigenvalue weighted by molar-refractivity contribution is 6.31. The second-order valence-corrected chi connectivity index (χ2v) is 9.44. The largest absolute Gasteiger partial charge is 0.447 e. The lowest BCUT2D eigenvalue weighted by atomic mass is 10.1. The number of nitrogens with one attached hydrogen (secondary N) is 2. The smallest absolute Gasteiger partial charge is 0.259 e. The van der Waals surface area contributed by atoms with E-state index in [1.165, 1.54) is 42.7 Å². The van der Waals surface area contributed by atoms with Crippen molar-refractivity contribution in [2.24, 2.45) is 0 Å². The SMILES string of the molecule is [B]C(O)(O)Oc1cc2ncnc(Nc3ccc(F)c(Cl)c3)c2cc1NC(=O)/C=C/CN1CC2OCCOC2C1. The number of hydrogen-bond donors (Lipinski definition) is 4. The molecule has 0 bridgehead atoms. The molecule has 2 aromatic carbocycles. The number of aromatic nitrogens is 2. The number of likely N-dealkylation sites (tertiary alicyclic amines) is 1. The Morgan fingerprint density at radius 3 is 2.67 bits per heavy atom. The number of nitrogens with zero attached hydrogens (tertiary/aromatic N) is 3. The van der Waals surface area contributed by atoms with E-state index in [1.54, 1.807) is 6.08 Å². The van der Waals surface area contributed by atoms with Gasteiger partial charge in [-0.1, -0.05) is 17.7 Å². The number of amides is 1. The predicted octanol–water partition coefficient (Wildman–Crippen LogP) is 1.90. The number of ether oxygens (including phenoxy) is 3. The molecular formula is C25H24BClFN5O6. The average Bonchev–Trinajstić information content (AvgIpc) is 3.29. The highest BCUT2D eigenvalue weighted by Crippen LogP contribution is 2.35. The summed E-state index contributed by atoms with van der Waals surface area (Å²) in [7, 11) is 5.22. The molecule has 3 aromatic rings. The fourth-order valence-electron chi connectivity index (χ4n) is 4.41. The molecule has 0 saturated carbocycles. The third-order valence-electron chi connectivity index (χ3n) is 6.11. The first-order chi connectivity index (χ1) is 18.6. The van der Waals surface area contributed by atoms with Gasteiger partial charge in [0.15, 0.2) is 5.75 Å². The molecule has 14 heteroatoms. The number of benzene rings is 2. The molecule has 4 N–H and O–H groups in total. The van der Waals surface area contributed by atoms with Crippen molar-refractivity contribution >= 4 is 53.4 Å². The van der Waals surface area contributed by atoms with Crippen molar-refractivity contribution in [1.82, 2.24) is 14.9 Å². The third kappa shape index (κ3) is 6.82. The summed E-state index contributed by atoms with van der Waals surface area (Å²) in [5.41, 5.74) is 0.854. The summed E-state index contributed by atoms with van der Waals surface area (Å²) in [5.74, 6) is -3.92. The summed E-state index contributed by atoms with van der Waals surface area (Å²) >= 11 is 5.89. The van der Waals surface area contributed by atoms with Crippen LogP contribution in [0.5, 0.6) is 5.75 Å². The van der Waals surface area contributed by atoms with E-state index in [2.05, 4.69) is 25.5 Å². The molecule has 5 rings (SSSR count). The van der Waals surface area contributed by atoms with Gasteiger partial charge >= 0.3 is 0 Å². The first-order valence-electron chi connectivity index (χ1n) is 12.0. The molecule has 1 aromatic heterocycles. The molecular weight excluding hydrogens is 532 g/mol. The molecule has 39 heavy (non-hydrogen) atoms. The third-order valence-corrected chi connectivity index (χ3v) is 6.40. The first-order valence-corrected chi connectivity index (χ1v) is 12.4. The van der Waals surface area contributed by atoms with Gasteiger partial charge in [0, 0.05) is 42.9 Å². The Bertz CT molecular complexity index is 1390. The van der Waals surface area contributed by atoms with Crippen LogP contribution in [-0.4, -0.2) is 89.8 Å². The summed E-state index contributed by atoms with van der Waals surface area (Å²) in [6, 6.07) is 6.92. The standard InChI is InChI=1S/C25H24BClFN5O6/c26-25(35,36)39-20-10-18-15(24(30-13-29-18)31-14-3-4-17(28)16(27)8-14)9-19(20)32-23(34)2-1-5-33-11-21-22(12-33)38-7-6-37-21/h1-4,8-10,13,21-22,35-36H,5-7,11-12H2,(H,32,34)(H,29,30,31)/b2-1+. The lowest BCUT2D eigenvalue weighted by Crippen LogP contribution is -2.36. The second kappa shape index (κ2) is 11.4. The summed E-state index contributed by atoms with van der Waals surface area (Å²) in [5, 5.41) is 25.3. The summed E-state index contributed by atoms with van der Waals surface area (Å²) in [4.78, 5) is 23.3. The van der Waals surface area contributed by atoms with E-state index in [0.717, 1.165) is 0 Å². The minimum absolute atomic E-state index is 0.0303. The van der Waals surface area contributed by atoms with Crippen LogP contribution in [-0.2, 0) is 14.3 Å². The van der Waals surface area contributed by atoms with Crippen LogP contribution in [0.25, 0.3) is 10.9 Å². The van der Waals surface area contributed by atoms with Gasteiger partial charge in [-0.15, -0.1) is 0 Å². The van der Waals surface area contributed by atoms with Gasteiger partial charge in [-0.05, 0) is 24.3 Å². The molecule has 0 aliphatic carbocycles. The van der Waals surface area contributed by atoms with Gasteiger partial charge in [-0.2, -0.15) is 0 Å². The highest BCUT2D eigenvalue weighted by Gasteiger charge is 2.35. The van der Waals surface area contributed by atoms with Crippen LogP contribution in [0.4, 0.5) is 21.6 Å². The number of fused-ring (bicyclic) bond motifs is 2. The summed E-state index contributed by atoms with van der Waals surface area (Å²) in [6.07, 6.45) is 4.38. The quantitative estimate of drug-likeness (QED) is 0.185. The Hall–Kier alpha value is -3.33. The number of carbonyl (C=O) groups is 1. The molecule has 1 amide bonds. The Kier molecular flexibility index (Phi) is 7.98. The number of anilines is 3. The molecule has 2 fully saturated rings. The zero-order chi connectivity index (χ0) is 27.6. The molecule has 2 aliphatic heterocycles. The van der Waals surface area contributed by atoms with Gasteiger partial charge in [0.1, 0.15) is 18.0 Å². The van der Waals surface area contributed by atoms with E-state index < -0.39 is 17.6 Å². The zero-order valence-corrected chi connectivity index (χ0v) is 21.3. The van der Waals surface area contributed by atoms with Crippen LogP contribution in [0.3, 0.4) is 0 Å². The van der Waals surface area contributed by atoms with E-state index in [1.807, 2.05) is 0 Å². The number of aliphatic hydroxyl groups is 2. The first kappa shape index (κ1) is 27.2. The van der Waals surface area contributed by atoms with Crippen molar-refractivity contribution in [2.75, 3.05) is 43.5 Å². The summed E-state index contributed by atoms with van der Waals surface area (Å²) in [6.45, 7) is 3.08. The normalized spacial score (nSPS) is 19.8. The maximum Gasteiger partial charge on any atom is 0.259 e. The molecule has 11 nitrogen and oxygen atoms in total.